The third kappa shape index (κ3) is 2.51. The van der Waals surface area contributed by atoms with E-state index in [1.54, 1.807) is 11.8 Å². The Kier molecular flexibility index (Phi) is 4.08. The van der Waals surface area contributed by atoms with Crippen molar-refractivity contribution in [3.05, 3.63) is 26.3 Å². The van der Waals surface area contributed by atoms with Crippen LogP contribution in [0.5, 0.6) is 0 Å². The predicted molar refractivity (Wildman–Crippen MR) is 71.0 cm³/mol. The zero-order valence-corrected chi connectivity index (χ0v) is 11.7. The van der Waals surface area contributed by atoms with Gasteiger partial charge in [-0.3, -0.25) is 4.79 Å². The van der Waals surface area contributed by atoms with E-state index in [0.29, 0.717) is 10.4 Å². The molecule has 0 saturated heterocycles. The fourth-order valence-corrected chi connectivity index (χ4v) is 3.12. The van der Waals surface area contributed by atoms with Gasteiger partial charge in [0.2, 0.25) is 0 Å². The van der Waals surface area contributed by atoms with Crippen LogP contribution in [0.15, 0.2) is 9.27 Å². The van der Waals surface area contributed by atoms with E-state index in [1.807, 2.05) is 6.26 Å². The van der Waals surface area contributed by atoms with Crippen LogP contribution in [0.3, 0.4) is 0 Å². The second-order valence-electron chi connectivity index (χ2n) is 4.13. The molecule has 0 aliphatic heterocycles. The average molecular weight is 303 g/mol. The Bertz CT molecular complexity index is 426. The predicted octanol–water partition coefficient (Wildman–Crippen LogP) is 3.05. The van der Waals surface area contributed by atoms with Crippen molar-refractivity contribution < 1.29 is 0 Å². The van der Waals surface area contributed by atoms with Crippen molar-refractivity contribution in [2.45, 2.75) is 37.4 Å². The summed E-state index contributed by atoms with van der Waals surface area (Å²) in [6.45, 7) is 0. The number of rotatable bonds is 3. The van der Waals surface area contributed by atoms with E-state index in [4.69, 9.17) is 0 Å². The fourth-order valence-electron chi connectivity index (χ4n) is 2.20. The van der Waals surface area contributed by atoms with Crippen LogP contribution in [0.25, 0.3) is 0 Å². The molecular weight excluding hydrogens is 288 g/mol. The summed E-state index contributed by atoms with van der Waals surface area (Å²) >= 11 is 5.04. The van der Waals surface area contributed by atoms with Crippen LogP contribution in [-0.4, -0.2) is 16.2 Å². The van der Waals surface area contributed by atoms with E-state index in [0.717, 1.165) is 30.1 Å². The lowest BCUT2D eigenvalue weighted by molar-refractivity contribution is 0.680. The van der Waals surface area contributed by atoms with Crippen molar-refractivity contribution in [2.75, 3.05) is 6.26 Å². The first-order chi connectivity index (χ1) is 7.72. The molecule has 2 rings (SSSR count). The van der Waals surface area contributed by atoms with Crippen LogP contribution < -0.4 is 5.56 Å². The van der Waals surface area contributed by atoms with Gasteiger partial charge in [0.1, 0.15) is 10.3 Å². The van der Waals surface area contributed by atoms with Crippen LogP contribution in [0, 0.1) is 0 Å². The van der Waals surface area contributed by atoms with Gasteiger partial charge in [0, 0.05) is 5.92 Å². The minimum atomic E-state index is -0.0408. The number of H-pyrrole nitrogens is 1. The van der Waals surface area contributed by atoms with Crippen LogP contribution in [0.4, 0.5) is 0 Å². The van der Waals surface area contributed by atoms with Crippen molar-refractivity contribution in [1.29, 1.82) is 0 Å². The first kappa shape index (κ1) is 12.2. The summed E-state index contributed by atoms with van der Waals surface area (Å²) in [4.78, 5) is 19.1. The first-order valence-corrected chi connectivity index (χ1v) is 7.68. The number of nitrogens with zero attached hydrogens (tertiary/aromatic N) is 1. The van der Waals surface area contributed by atoms with Gasteiger partial charge in [-0.05, 0) is 35.0 Å². The number of thioether (sulfide) groups is 1. The first-order valence-electron chi connectivity index (χ1n) is 5.50. The Morgan fingerprint density at radius 1 is 1.50 bits per heavy atom. The molecule has 1 saturated carbocycles. The van der Waals surface area contributed by atoms with Crippen molar-refractivity contribution in [2.24, 2.45) is 0 Å². The molecule has 0 amide bonds. The lowest BCUT2D eigenvalue weighted by Crippen LogP contribution is -2.16. The summed E-state index contributed by atoms with van der Waals surface area (Å²) in [5.41, 5.74) is 0.922. The smallest absolute Gasteiger partial charge is 0.265 e. The normalized spacial score (nSPS) is 16.9. The third-order valence-corrected chi connectivity index (χ3v) is 4.29. The number of aromatic amines is 1. The molecule has 0 aromatic carbocycles. The Morgan fingerprint density at radius 3 is 2.81 bits per heavy atom. The zero-order valence-electron chi connectivity index (χ0n) is 9.25. The Hall–Kier alpha value is -0.290. The van der Waals surface area contributed by atoms with Crippen LogP contribution in [0.1, 0.15) is 43.1 Å². The van der Waals surface area contributed by atoms with Gasteiger partial charge in [0.05, 0.1) is 11.4 Å². The molecule has 1 aliphatic rings. The summed E-state index contributed by atoms with van der Waals surface area (Å²) in [6.07, 6.45) is 6.84. The molecule has 1 aliphatic carbocycles. The molecule has 3 nitrogen and oxygen atoms in total. The number of hydrogen-bond acceptors (Lipinski definition) is 3. The minimum absolute atomic E-state index is 0.0408. The molecular formula is C11H15BrN2OS. The maximum atomic E-state index is 11.7. The van der Waals surface area contributed by atoms with E-state index in [2.05, 4.69) is 25.9 Å². The van der Waals surface area contributed by atoms with Gasteiger partial charge >= 0.3 is 0 Å². The molecule has 0 spiro atoms. The number of aromatic nitrogens is 2. The highest BCUT2D eigenvalue weighted by Crippen LogP contribution is 2.35. The average Bonchev–Trinajstić information content (AvgIpc) is 2.76. The molecule has 1 heterocycles. The Labute approximate surface area is 108 Å². The van der Waals surface area contributed by atoms with Crippen molar-refractivity contribution in [3.8, 4) is 0 Å². The lowest BCUT2D eigenvalue weighted by atomic mass is 10.0. The van der Waals surface area contributed by atoms with E-state index >= 15 is 0 Å². The van der Waals surface area contributed by atoms with Gasteiger partial charge in [0.15, 0.2) is 0 Å². The largest absolute Gasteiger partial charge is 0.309 e. The van der Waals surface area contributed by atoms with E-state index in [1.165, 1.54) is 12.8 Å². The number of halogens is 1. The summed E-state index contributed by atoms with van der Waals surface area (Å²) in [7, 11) is 0. The second-order valence-corrected chi connectivity index (χ2v) is 5.79. The molecule has 1 aromatic heterocycles. The monoisotopic (exact) mass is 302 g/mol. The molecule has 88 valence electrons. The molecule has 0 radical (unpaired) electrons. The van der Waals surface area contributed by atoms with Gasteiger partial charge in [-0.15, -0.1) is 0 Å². The molecule has 16 heavy (non-hydrogen) atoms. The summed E-state index contributed by atoms with van der Waals surface area (Å²) in [6, 6.07) is 0. The topological polar surface area (TPSA) is 45.8 Å². The molecule has 0 bridgehead atoms. The minimum Gasteiger partial charge on any atom is -0.309 e. The highest BCUT2D eigenvalue weighted by molar-refractivity contribution is 9.10. The SMILES string of the molecule is CSCc1nc(C2CCCC2)c(Br)c(=O)[nH]1. The lowest BCUT2D eigenvalue weighted by Gasteiger charge is -2.11. The summed E-state index contributed by atoms with van der Waals surface area (Å²) in [5, 5.41) is 0. The van der Waals surface area contributed by atoms with Gasteiger partial charge < -0.3 is 4.98 Å². The molecule has 0 atom stereocenters. The molecule has 1 aromatic rings. The van der Waals surface area contributed by atoms with E-state index in [9.17, 15) is 4.79 Å². The number of nitrogens with one attached hydrogen (secondary N) is 1. The Morgan fingerprint density at radius 2 is 2.19 bits per heavy atom. The van der Waals surface area contributed by atoms with Gasteiger partial charge in [-0.25, -0.2) is 4.98 Å². The zero-order chi connectivity index (χ0) is 11.5. The van der Waals surface area contributed by atoms with Crippen molar-refractivity contribution in [3.63, 3.8) is 0 Å². The van der Waals surface area contributed by atoms with Crippen LogP contribution in [-0.2, 0) is 5.75 Å². The fraction of sp³-hybridized carbons (Fsp3) is 0.636. The van der Waals surface area contributed by atoms with Crippen LogP contribution >= 0.6 is 27.7 Å². The van der Waals surface area contributed by atoms with Crippen LogP contribution in [0.2, 0.25) is 0 Å². The summed E-state index contributed by atoms with van der Waals surface area (Å²) in [5.74, 6) is 2.03. The molecule has 1 fully saturated rings. The third-order valence-electron chi connectivity index (χ3n) is 2.96. The van der Waals surface area contributed by atoms with Crippen molar-refractivity contribution in [1.82, 2.24) is 9.97 Å². The summed E-state index contributed by atoms with van der Waals surface area (Å²) < 4.78 is 0.629. The molecule has 1 N–H and O–H groups in total. The van der Waals surface area contributed by atoms with E-state index < -0.39 is 0 Å². The molecule has 0 unspecified atom stereocenters. The maximum absolute atomic E-state index is 11.7. The second kappa shape index (κ2) is 5.36. The van der Waals surface area contributed by atoms with Gasteiger partial charge in [-0.1, -0.05) is 12.8 Å². The number of hydrogen-bond donors (Lipinski definition) is 1. The maximum Gasteiger partial charge on any atom is 0.265 e. The van der Waals surface area contributed by atoms with Crippen molar-refractivity contribution >= 4 is 27.7 Å². The molecule has 5 heteroatoms. The standard InChI is InChI=1S/C11H15BrN2OS/c1-16-6-8-13-10(7-4-2-3-5-7)9(12)11(15)14-8/h7H,2-6H2,1H3,(H,13,14,15). The van der Waals surface area contributed by atoms with Gasteiger partial charge in [0.25, 0.3) is 5.56 Å². The Balaban J connectivity index is 2.37. The highest BCUT2D eigenvalue weighted by atomic mass is 79.9. The quantitative estimate of drug-likeness (QED) is 0.933. The van der Waals surface area contributed by atoms with Gasteiger partial charge in [-0.2, -0.15) is 11.8 Å². The highest BCUT2D eigenvalue weighted by Gasteiger charge is 2.22. The van der Waals surface area contributed by atoms with E-state index in [-0.39, 0.29) is 5.56 Å².